The highest BCUT2D eigenvalue weighted by Crippen LogP contribution is 2.36. The molecule has 0 aliphatic carbocycles. The Kier molecular flexibility index (Phi) is 3.95. The lowest BCUT2D eigenvalue weighted by atomic mass is 10.0. The maximum absolute atomic E-state index is 13.7. The standard InChI is InChI=1S/C13H11F3N2O2/c1-20-4-2-3-18-9(6-17)7-5-8(14)11(15)12(16)10(7)13(18)19/h5,9H,2-4H2,1H3. The van der Waals surface area contributed by atoms with E-state index >= 15 is 0 Å². The normalized spacial score (nSPS) is 17.2. The summed E-state index contributed by atoms with van der Waals surface area (Å²) in [6.45, 7) is 0.492. The second kappa shape index (κ2) is 5.51. The van der Waals surface area contributed by atoms with Gasteiger partial charge in [-0.1, -0.05) is 0 Å². The predicted octanol–water partition coefficient (Wildman–Crippen LogP) is 2.16. The van der Waals surface area contributed by atoms with Gasteiger partial charge in [-0.15, -0.1) is 0 Å². The van der Waals surface area contributed by atoms with Crippen LogP contribution in [-0.4, -0.2) is 31.1 Å². The zero-order valence-electron chi connectivity index (χ0n) is 10.6. The third-order valence-electron chi connectivity index (χ3n) is 3.14. The number of nitriles is 1. The van der Waals surface area contributed by atoms with Crippen LogP contribution in [0, 0.1) is 28.8 Å². The Morgan fingerprint density at radius 2 is 2.10 bits per heavy atom. The molecule has 1 aliphatic rings. The predicted molar refractivity (Wildman–Crippen MR) is 62.2 cm³/mol. The number of hydrogen-bond donors (Lipinski definition) is 0. The molecule has 20 heavy (non-hydrogen) atoms. The summed E-state index contributed by atoms with van der Waals surface area (Å²) in [6, 6.07) is 1.40. The van der Waals surface area contributed by atoms with Crippen molar-refractivity contribution in [2.75, 3.05) is 20.3 Å². The summed E-state index contributed by atoms with van der Waals surface area (Å²) >= 11 is 0. The molecule has 1 aromatic rings. The minimum atomic E-state index is -1.70. The summed E-state index contributed by atoms with van der Waals surface area (Å²) in [7, 11) is 1.48. The van der Waals surface area contributed by atoms with E-state index in [2.05, 4.69) is 0 Å². The second-order valence-corrected chi connectivity index (χ2v) is 4.33. The fourth-order valence-corrected chi connectivity index (χ4v) is 2.22. The first-order valence-electron chi connectivity index (χ1n) is 5.89. The largest absolute Gasteiger partial charge is 0.385 e. The van der Waals surface area contributed by atoms with Crippen molar-refractivity contribution in [1.82, 2.24) is 4.90 Å². The first-order chi connectivity index (χ1) is 9.52. The molecule has 0 saturated carbocycles. The van der Waals surface area contributed by atoms with Crippen LogP contribution >= 0.6 is 0 Å². The van der Waals surface area contributed by atoms with E-state index in [-0.39, 0.29) is 12.1 Å². The lowest BCUT2D eigenvalue weighted by Crippen LogP contribution is -2.29. The van der Waals surface area contributed by atoms with Gasteiger partial charge in [0.25, 0.3) is 5.91 Å². The average molecular weight is 284 g/mol. The summed E-state index contributed by atoms with van der Waals surface area (Å²) in [5.41, 5.74) is -0.695. The molecule has 0 bridgehead atoms. The van der Waals surface area contributed by atoms with E-state index in [1.54, 1.807) is 0 Å². The van der Waals surface area contributed by atoms with Crippen LogP contribution in [-0.2, 0) is 4.74 Å². The minimum absolute atomic E-state index is 0.133. The molecule has 1 unspecified atom stereocenters. The van der Waals surface area contributed by atoms with Crippen LogP contribution in [0.3, 0.4) is 0 Å². The van der Waals surface area contributed by atoms with Gasteiger partial charge in [0.2, 0.25) is 0 Å². The zero-order chi connectivity index (χ0) is 14.9. The molecule has 7 heteroatoms. The quantitative estimate of drug-likeness (QED) is 0.629. The Balaban J connectivity index is 2.42. The first-order valence-corrected chi connectivity index (χ1v) is 5.89. The molecule has 0 N–H and O–H groups in total. The molecule has 0 saturated heterocycles. The van der Waals surface area contributed by atoms with Gasteiger partial charge >= 0.3 is 0 Å². The second-order valence-electron chi connectivity index (χ2n) is 4.33. The molecule has 1 aliphatic heterocycles. The lowest BCUT2D eigenvalue weighted by Gasteiger charge is -2.19. The van der Waals surface area contributed by atoms with E-state index in [0.717, 1.165) is 4.90 Å². The Bertz CT molecular complexity index is 598. The number of halogens is 3. The van der Waals surface area contributed by atoms with Crippen molar-refractivity contribution in [3.8, 4) is 6.07 Å². The maximum atomic E-state index is 13.7. The van der Waals surface area contributed by atoms with Gasteiger partial charge in [0.1, 0.15) is 6.04 Å². The summed E-state index contributed by atoms with van der Waals surface area (Å²) in [5, 5.41) is 9.09. The van der Waals surface area contributed by atoms with Gasteiger partial charge in [-0.05, 0) is 12.5 Å². The molecule has 2 rings (SSSR count). The van der Waals surface area contributed by atoms with E-state index in [4.69, 9.17) is 10.00 Å². The van der Waals surface area contributed by atoms with Crippen molar-refractivity contribution in [1.29, 1.82) is 5.26 Å². The molecule has 4 nitrogen and oxygen atoms in total. The van der Waals surface area contributed by atoms with Crippen molar-refractivity contribution >= 4 is 5.91 Å². The van der Waals surface area contributed by atoms with Gasteiger partial charge in [-0.25, -0.2) is 13.2 Å². The number of carbonyl (C=O) groups excluding carboxylic acids is 1. The van der Waals surface area contributed by atoms with Gasteiger partial charge < -0.3 is 9.64 Å². The molecule has 0 aromatic heterocycles. The Hall–Kier alpha value is -2.07. The Morgan fingerprint density at radius 1 is 1.40 bits per heavy atom. The highest BCUT2D eigenvalue weighted by Gasteiger charge is 2.40. The molecule has 0 spiro atoms. The van der Waals surface area contributed by atoms with Crippen molar-refractivity contribution in [3.05, 3.63) is 34.6 Å². The van der Waals surface area contributed by atoms with Crippen LogP contribution in [0.5, 0.6) is 0 Å². The summed E-state index contributed by atoms with van der Waals surface area (Å²) in [5.74, 6) is -5.46. The summed E-state index contributed by atoms with van der Waals surface area (Å²) in [4.78, 5) is 13.1. The number of rotatable bonds is 4. The molecule has 1 heterocycles. The zero-order valence-corrected chi connectivity index (χ0v) is 10.6. The van der Waals surface area contributed by atoms with Crippen molar-refractivity contribution in [2.24, 2.45) is 0 Å². The van der Waals surface area contributed by atoms with Gasteiger partial charge in [-0.3, -0.25) is 4.79 Å². The molecule has 106 valence electrons. The average Bonchev–Trinajstić information content (AvgIpc) is 2.69. The van der Waals surface area contributed by atoms with Crippen LogP contribution in [0.4, 0.5) is 13.2 Å². The summed E-state index contributed by atoms with van der Waals surface area (Å²) < 4.78 is 45.0. The molecule has 0 radical (unpaired) electrons. The van der Waals surface area contributed by atoms with Crippen molar-refractivity contribution in [3.63, 3.8) is 0 Å². The number of carbonyl (C=O) groups is 1. The Morgan fingerprint density at radius 3 is 2.70 bits per heavy atom. The number of hydrogen-bond acceptors (Lipinski definition) is 3. The first kappa shape index (κ1) is 14.3. The van der Waals surface area contributed by atoms with Gasteiger partial charge in [0.15, 0.2) is 17.5 Å². The van der Waals surface area contributed by atoms with E-state index in [1.807, 2.05) is 6.07 Å². The smallest absolute Gasteiger partial charge is 0.258 e. The monoisotopic (exact) mass is 284 g/mol. The van der Waals surface area contributed by atoms with Crippen LogP contribution in [0.2, 0.25) is 0 Å². The van der Waals surface area contributed by atoms with E-state index in [1.165, 1.54) is 7.11 Å². The van der Waals surface area contributed by atoms with Crippen LogP contribution in [0.15, 0.2) is 6.07 Å². The number of methoxy groups -OCH3 is 1. The van der Waals surface area contributed by atoms with E-state index in [9.17, 15) is 18.0 Å². The number of nitrogens with zero attached hydrogens (tertiary/aromatic N) is 2. The summed E-state index contributed by atoms with van der Waals surface area (Å²) in [6.07, 6.45) is 0.432. The highest BCUT2D eigenvalue weighted by atomic mass is 19.2. The molecule has 1 amide bonds. The Labute approximate surface area is 113 Å². The van der Waals surface area contributed by atoms with Crippen LogP contribution in [0.25, 0.3) is 0 Å². The number of fused-ring (bicyclic) bond motifs is 1. The highest BCUT2D eigenvalue weighted by molar-refractivity contribution is 6.00. The van der Waals surface area contributed by atoms with Crippen molar-refractivity contribution < 1.29 is 22.7 Å². The fourth-order valence-electron chi connectivity index (χ4n) is 2.22. The molecule has 1 atom stereocenters. The van der Waals surface area contributed by atoms with Crippen molar-refractivity contribution in [2.45, 2.75) is 12.5 Å². The molecule has 1 aromatic carbocycles. The fraction of sp³-hybridized carbons (Fsp3) is 0.385. The third-order valence-corrected chi connectivity index (χ3v) is 3.14. The van der Waals surface area contributed by atoms with Gasteiger partial charge in [-0.2, -0.15) is 5.26 Å². The van der Waals surface area contributed by atoms with Gasteiger partial charge in [0, 0.05) is 25.8 Å². The minimum Gasteiger partial charge on any atom is -0.385 e. The van der Waals surface area contributed by atoms with Gasteiger partial charge in [0.05, 0.1) is 11.6 Å². The number of ether oxygens (including phenoxy) is 1. The lowest BCUT2D eigenvalue weighted by molar-refractivity contribution is 0.0734. The van der Waals surface area contributed by atoms with Crippen LogP contribution in [0.1, 0.15) is 28.4 Å². The molecule has 0 fully saturated rings. The third kappa shape index (κ3) is 2.12. The number of amides is 1. The maximum Gasteiger partial charge on any atom is 0.258 e. The van der Waals surface area contributed by atoms with Crippen LogP contribution < -0.4 is 0 Å². The van der Waals surface area contributed by atoms with E-state index < -0.39 is 35.0 Å². The number of benzene rings is 1. The molecular formula is C13H11F3N2O2. The molecular weight excluding hydrogens is 273 g/mol. The SMILES string of the molecule is COCCCN1C(=O)c2c(cc(F)c(F)c2F)C1C#N. The topological polar surface area (TPSA) is 53.3 Å². The van der Waals surface area contributed by atoms with E-state index in [0.29, 0.717) is 19.1 Å².